The summed E-state index contributed by atoms with van der Waals surface area (Å²) in [5.74, 6) is -1.43. The lowest BCUT2D eigenvalue weighted by Crippen LogP contribution is -2.33. The average molecular weight is 273 g/mol. The second-order valence-corrected chi connectivity index (χ2v) is 4.73. The second kappa shape index (κ2) is 6.14. The van der Waals surface area contributed by atoms with Gasteiger partial charge in [-0.1, -0.05) is 36.4 Å². The number of nitrogens with one attached hydrogen (secondary N) is 1. The van der Waals surface area contributed by atoms with E-state index in [9.17, 15) is 14.4 Å². The van der Waals surface area contributed by atoms with Crippen molar-refractivity contribution < 1.29 is 19.5 Å². The molecule has 0 saturated heterocycles. The third-order valence-electron chi connectivity index (χ3n) is 3.06. The van der Waals surface area contributed by atoms with Gasteiger partial charge < -0.3 is 10.4 Å². The second-order valence-electron chi connectivity index (χ2n) is 4.73. The highest BCUT2D eigenvalue weighted by Gasteiger charge is 2.26. The molecule has 5 heteroatoms. The van der Waals surface area contributed by atoms with Gasteiger partial charge in [0, 0.05) is 12.0 Å². The van der Waals surface area contributed by atoms with Crippen LogP contribution in [0, 0.1) is 0 Å². The van der Waals surface area contributed by atoms with Crippen LogP contribution in [0.3, 0.4) is 0 Å². The van der Waals surface area contributed by atoms with E-state index in [1.165, 1.54) is 0 Å². The fourth-order valence-electron chi connectivity index (χ4n) is 2.18. The largest absolute Gasteiger partial charge is 0.481 e. The van der Waals surface area contributed by atoms with Gasteiger partial charge >= 0.3 is 5.97 Å². The Bertz CT molecular complexity index is 562. The molecule has 0 bridgehead atoms. The molecule has 1 atom stereocenters. The first-order valence-electron chi connectivity index (χ1n) is 6.33. The molecule has 0 heterocycles. The number of aliphatic carboxylic acids is 1. The van der Waals surface area contributed by atoms with E-state index in [1.54, 1.807) is 6.08 Å². The highest BCUT2D eigenvalue weighted by molar-refractivity contribution is 6.02. The number of ketones is 1. The molecule has 0 saturated carbocycles. The first-order valence-corrected chi connectivity index (χ1v) is 6.33. The quantitative estimate of drug-likeness (QED) is 0.841. The molecule has 1 aromatic carbocycles. The van der Waals surface area contributed by atoms with Gasteiger partial charge in [0.25, 0.3) is 0 Å². The lowest BCUT2D eigenvalue weighted by atomic mass is 10.1. The van der Waals surface area contributed by atoms with E-state index in [0.29, 0.717) is 0 Å². The molecule has 1 amide bonds. The fraction of sp³-hybridized carbons (Fsp3) is 0.267. The van der Waals surface area contributed by atoms with Crippen LogP contribution in [-0.4, -0.2) is 28.8 Å². The molecule has 0 fully saturated rings. The third-order valence-corrected chi connectivity index (χ3v) is 3.06. The maximum Gasteiger partial charge on any atom is 0.307 e. The Morgan fingerprint density at radius 1 is 1.20 bits per heavy atom. The number of hydrogen-bond acceptors (Lipinski definition) is 3. The average Bonchev–Trinajstić information content (AvgIpc) is 2.69. The molecule has 104 valence electrons. The van der Waals surface area contributed by atoms with Crippen LogP contribution in [0.5, 0.6) is 0 Å². The van der Waals surface area contributed by atoms with Gasteiger partial charge in [-0.3, -0.25) is 14.4 Å². The Morgan fingerprint density at radius 2 is 1.90 bits per heavy atom. The molecule has 1 aromatic rings. The van der Waals surface area contributed by atoms with Gasteiger partial charge in [-0.25, -0.2) is 0 Å². The molecule has 1 unspecified atom stereocenters. The van der Waals surface area contributed by atoms with Crippen LogP contribution in [0.25, 0.3) is 0 Å². The maximum atomic E-state index is 11.8. The van der Waals surface area contributed by atoms with Crippen molar-refractivity contribution in [3.8, 4) is 0 Å². The number of amides is 1. The monoisotopic (exact) mass is 273 g/mol. The maximum absolute atomic E-state index is 11.8. The van der Waals surface area contributed by atoms with Crippen molar-refractivity contribution in [2.24, 2.45) is 0 Å². The minimum absolute atomic E-state index is 0.142. The molecule has 0 spiro atoms. The minimum Gasteiger partial charge on any atom is -0.481 e. The fourth-order valence-corrected chi connectivity index (χ4v) is 2.18. The summed E-state index contributed by atoms with van der Waals surface area (Å²) in [5, 5.41) is 11.4. The lowest BCUT2D eigenvalue weighted by molar-refractivity contribution is -0.137. The van der Waals surface area contributed by atoms with Crippen LogP contribution in [0.15, 0.2) is 42.0 Å². The summed E-state index contributed by atoms with van der Waals surface area (Å²) < 4.78 is 0. The molecule has 5 nitrogen and oxygen atoms in total. The number of rotatable bonds is 5. The minimum atomic E-state index is -1.04. The zero-order valence-corrected chi connectivity index (χ0v) is 10.8. The van der Waals surface area contributed by atoms with Crippen LogP contribution in [0.4, 0.5) is 0 Å². The molecule has 0 aliphatic heterocycles. The molecular formula is C15H15NO4. The smallest absolute Gasteiger partial charge is 0.307 e. The Morgan fingerprint density at radius 3 is 2.55 bits per heavy atom. The Balaban J connectivity index is 1.91. The number of carboxylic acid groups (broad SMARTS) is 1. The summed E-state index contributed by atoms with van der Waals surface area (Å²) in [6.07, 6.45) is 1.64. The summed E-state index contributed by atoms with van der Waals surface area (Å²) in [7, 11) is 0. The van der Waals surface area contributed by atoms with Gasteiger partial charge in [0.2, 0.25) is 5.91 Å². The first-order chi connectivity index (χ1) is 9.54. The van der Waals surface area contributed by atoms with Gasteiger partial charge in [-0.2, -0.15) is 0 Å². The van der Waals surface area contributed by atoms with E-state index in [2.05, 4.69) is 5.32 Å². The standard InChI is InChI=1S/C15H15NO4/c17-13-9-12(7-11(13)8-15(19)20)16-14(18)6-10-4-2-1-3-5-10/h1-5,7,12H,6,8-9H2,(H,16,18)(H,19,20). The van der Waals surface area contributed by atoms with E-state index < -0.39 is 12.0 Å². The van der Waals surface area contributed by atoms with Gasteiger partial charge in [-0.05, 0) is 5.56 Å². The number of Topliss-reactive ketones (excluding diaryl/α,β-unsaturated/α-hetero) is 1. The van der Waals surface area contributed by atoms with Gasteiger partial charge in [0.1, 0.15) is 0 Å². The summed E-state index contributed by atoms with van der Waals surface area (Å²) in [6, 6.07) is 8.89. The van der Waals surface area contributed by atoms with E-state index in [1.807, 2.05) is 30.3 Å². The van der Waals surface area contributed by atoms with Crippen molar-refractivity contribution in [2.75, 3.05) is 0 Å². The Labute approximate surface area is 116 Å². The Kier molecular flexibility index (Phi) is 4.30. The highest BCUT2D eigenvalue weighted by Crippen LogP contribution is 2.18. The third kappa shape index (κ3) is 3.78. The van der Waals surface area contributed by atoms with E-state index in [0.717, 1.165) is 5.56 Å². The van der Waals surface area contributed by atoms with Crippen molar-refractivity contribution in [1.29, 1.82) is 0 Å². The number of carbonyl (C=O) groups excluding carboxylic acids is 2. The molecule has 0 aromatic heterocycles. The summed E-state index contributed by atoms with van der Waals surface area (Å²) >= 11 is 0. The number of hydrogen-bond donors (Lipinski definition) is 2. The highest BCUT2D eigenvalue weighted by atomic mass is 16.4. The van der Waals surface area contributed by atoms with Gasteiger partial charge in [-0.15, -0.1) is 0 Å². The first kappa shape index (κ1) is 14.0. The zero-order chi connectivity index (χ0) is 14.5. The van der Waals surface area contributed by atoms with Crippen molar-refractivity contribution in [3.63, 3.8) is 0 Å². The van der Waals surface area contributed by atoms with E-state index in [-0.39, 0.29) is 36.5 Å². The molecule has 20 heavy (non-hydrogen) atoms. The van der Waals surface area contributed by atoms with Gasteiger partial charge in [0.15, 0.2) is 5.78 Å². The molecular weight excluding hydrogens is 258 g/mol. The van der Waals surface area contributed by atoms with E-state index in [4.69, 9.17) is 5.11 Å². The number of carbonyl (C=O) groups is 3. The van der Waals surface area contributed by atoms with Crippen molar-refractivity contribution in [1.82, 2.24) is 5.32 Å². The number of benzene rings is 1. The summed E-state index contributed by atoms with van der Waals surface area (Å²) in [4.78, 5) is 34.0. The van der Waals surface area contributed by atoms with Crippen LogP contribution >= 0.6 is 0 Å². The molecule has 2 rings (SSSR count). The molecule has 0 radical (unpaired) electrons. The molecule has 1 aliphatic rings. The zero-order valence-electron chi connectivity index (χ0n) is 10.8. The van der Waals surface area contributed by atoms with Crippen molar-refractivity contribution in [3.05, 3.63) is 47.5 Å². The Hall–Kier alpha value is -2.43. The normalized spacial score (nSPS) is 17.7. The lowest BCUT2D eigenvalue weighted by Gasteiger charge is -2.09. The predicted octanol–water partition coefficient (Wildman–Crippen LogP) is 1.09. The van der Waals surface area contributed by atoms with Crippen LogP contribution in [-0.2, 0) is 20.8 Å². The van der Waals surface area contributed by atoms with Crippen LogP contribution in [0.1, 0.15) is 18.4 Å². The van der Waals surface area contributed by atoms with Crippen LogP contribution < -0.4 is 5.32 Å². The van der Waals surface area contributed by atoms with Crippen molar-refractivity contribution >= 4 is 17.7 Å². The predicted molar refractivity (Wildman–Crippen MR) is 72.0 cm³/mol. The molecule has 1 aliphatic carbocycles. The van der Waals surface area contributed by atoms with Gasteiger partial charge in [0.05, 0.1) is 18.9 Å². The number of carboxylic acids is 1. The summed E-state index contributed by atoms with van der Waals surface area (Å²) in [5.41, 5.74) is 1.16. The van der Waals surface area contributed by atoms with Crippen molar-refractivity contribution in [2.45, 2.75) is 25.3 Å². The van der Waals surface area contributed by atoms with E-state index >= 15 is 0 Å². The topological polar surface area (TPSA) is 83.5 Å². The SMILES string of the molecule is O=C(O)CC1=CC(NC(=O)Cc2ccccc2)CC1=O. The molecule has 2 N–H and O–H groups in total. The summed E-state index contributed by atoms with van der Waals surface area (Å²) in [6.45, 7) is 0. The van der Waals surface area contributed by atoms with Crippen LogP contribution in [0.2, 0.25) is 0 Å².